The van der Waals surface area contributed by atoms with Crippen molar-refractivity contribution in [3.05, 3.63) is 58.0 Å². The molecule has 1 aromatic heterocycles. The van der Waals surface area contributed by atoms with Crippen molar-refractivity contribution in [2.75, 3.05) is 26.0 Å². The Morgan fingerprint density at radius 2 is 1.93 bits per heavy atom. The van der Waals surface area contributed by atoms with Crippen LogP contribution >= 0.6 is 11.3 Å². The number of methoxy groups -OCH3 is 1. The molecule has 0 spiro atoms. The zero-order valence-electron chi connectivity index (χ0n) is 15.7. The monoisotopic (exact) mass is 395 g/mol. The molecule has 1 aliphatic heterocycles. The molecule has 0 saturated heterocycles. The number of hydrogen-bond acceptors (Lipinski definition) is 5. The minimum Gasteiger partial charge on any atom is -0.496 e. The van der Waals surface area contributed by atoms with Gasteiger partial charge in [0.15, 0.2) is 0 Å². The van der Waals surface area contributed by atoms with Crippen LogP contribution < -0.4 is 15.8 Å². The van der Waals surface area contributed by atoms with Crippen LogP contribution in [0.15, 0.2) is 36.4 Å². The molecule has 3 aromatic rings. The number of carbonyl (C=O) groups is 2. The Balaban J connectivity index is 1.73. The van der Waals surface area contributed by atoms with Gasteiger partial charge in [0.2, 0.25) is 0 Å². The molecular formula is C21H21N3O3S. The maximum atomic E-state index is 13.0. The van der Waals surface area contributed by atoms with E-state index in [9.17, 15) is 9.59 Å². The number of thiophene rings is 1. The third kappa shape index (κ3) is 3.23. The van der Waals surface area contributed by atoms with Crippen molar-refractivity contribution in [2.45, 2.75) is 13.0 Å². The highest BCUT2D eigenvalue weighted by Gasteiger charge is 2.27. The summed E-state index contributed by atoms with van der Waals surface area (Å²) in [6.45, 7) is 1.60. The van der Waals surface area contributed by atoms with E-state index in [2.05, 4.69) is 10.2 Å². The Morgan fingerprint density at radius 3 is 2.61 bits per heavy atom. The smallest absolute Gasteiger partial charge is 0.260 e. The van der Waals surface area contributed by atoms with E-state index in [0.717, 1.165) is 40.7 Å². The van der Waals surface area contributed by atoms with Gasteiger partial charge in [-0.3, -0.25) is 9.59 Å². The molecule has 0 saturated carbocycles. The Kier molecular flexibility index (Phi) is 4.78. The Hall–Kier alpha value is -2.90. The minimum absolute atomic E-state index is 0.322. The summed E-state index contributed by atoms with van der Waals surface area (Å²) in [5.41, 5.74) is 7.44. The molecule has 3 N–H and O–H groups in total. The summed E-state index contributed by atoms with van der Waals surface area (Å²) in [5.74, 6) is -0.349. The number of ether oxygens (including phenoxy) is 1. The van der Waals surface area contributed by atoms with Gasteiger partial charge in [0.05, 0.1) is 18.2 Å². The largest absolute Gasteiger partial charge is 0.496 e. The molecule has 1 aliphatic rings. The number of nitrogens with one attached hydrogen (secondary N) is 1. The van der Waals surface area contributed by atoms with Crippen molar-refractivity contribution in [3.63, 3.8) is 0 Å². The van der Waals surface area contributed by atoms with Crippen molar-refractivity contribution in [3.8, 4) is 5.75 Å². The fourth-order valence-corrected chi connectivity index (χ4v) is 4.94. The minimum atomic E-state index is -0.511. The highest BCUT2D eigenvalue weighted by Crippen LogP contribution is 2.37. The quantitative estimate of drug-likeness (QED) is 0.710. The van der Waals surface area contributed by atoms with E-state index < -0.39 is 5.91 Å². The third-order valence-corrected chi connectivity index (χ3v) is 6.17. The lowest BCUT2D eigenvalue weighted by atomic mass is 10.0. The number of rotatable bonds is 4. The number of benzene rings is 2. The first-order chi connectivity index (χ1) is 13.5. The number of primary amides is 1. The van der Waals surface area contributed by atoms with Crippen LogP contribution in [0.1, 0.15) is 31.2 Å². The Morgan fingerprint density at radius 1 is 1.21 bits per heavy atom. The van der Waals surface area contributed by atoms with Gasteiger partial charge in [-0.15, -0.1) is 11.3 Å². The zero-order chi connectivity index (χ0) is 19.8. The van der Waals surface area contributed by atoms with Crippen LogP contribution in [-0.2, 0) is 13.0 Å². The van der Waals surface area contributed by atoms with E-state index in [-0.39, 0.29) is 5.91 Å². The summed E-state index contributed by atoms with van der Waals surface area (Å²) in [7, 11) is 3.57. The van der Waals surface area contributed by atoms with E-state index in [1.54, 1.807) is 6.07 Å². The van der Waals surface area contributed by atoms with Crippen LogP contribution in [0.5, 0.6) is 5.75 Å². The average molecular weight is 395 g/mol. The van der Waals surface area contributed by atoms with Gasteiger partial charge in [0.25, 0.3) is 11.8 Å². The van der Waals surface area contributed by atoms with Crippen molar-refractivity contribution in [1.29, 1.82) is 0 Å². The first kappa shape index (κ1) is 18.5. The molecule has 2 amide bonds. The van der Waals surface area contributed by atoms with Crippen molar-refractivity contribution in [1.82, 2.24) is 4.90 Å². The van der Waals surface area contributed by atoms with Gasteiger partial charge in [-0.1, -0.05) is 24.3 Å². The standard InChI is InChI=1S/C21H21N3O3S/c1-24-8-7-14-17(11-24)28-21(18(14)19(22)25)23-20(26)15-9-12-5-3-4-6-13(12)10-16(15)27-2/h3-6,9-10H,7-8,11H2,1-2H3,(H2,22,25)(H,23,26). The van der Waals surface area contributed by atoms with Gasteiger partial charge in [-0.05, 0) is 41.9 Å². The number of likely N-dealkylation sites (N-methyl/N-ethyl adjacent to an activating group) is 1. The van der Waals surface area contributed by atoms with Crippen LogP contribution in [0.4, 0.5) is 5.00 Å². The Bertz CT molecular complexity index is 1090. The number of nitrogens with two attached hydrogens (primary N) is 1. The first-order valence-corrected chi connectivity index (χ1v) is 9.80. The maximum absolute atomic E-state index is 13.0. The molecule has 0 fully saturated rings. The van der Waals surface area contributed by atoms with E-state index in [4.69, 9.17) is 10.5 Å². The number of nitrogens with zero attached hydrogens (tertiary/aromatic N) is 1. The molecule has 2 aromatic carbocycles. The summed E-state index contributed by atoms with van der Waals surface area (Å²) in [5, 5.41) is 5.34. The summed E-state index contributed by atoms with van der Waals surface area (Å²) in [6, 6.07) is 11.4. The average Bonchev–Trinajstić information content (AvgIpc) is 3.03. The molecule has 4 rings (SSSR count). The zero-order valence-corrected chi connectivity index (χ0v) is 16.6. The lowest BCUT2D eigenvalue weighted by Crippen LogP contribution is -2.27. The second kappa shape index (κ2) is 7.26. The molecule has 7 heteroatoms. The third-order valence-electron chi connectivity index (χ3n) is 5.03. The highest BCUT2D eigenvalue weighted by molar-refractivity contribution is 7.17. The molecule has 6 nitrogen and oxygen atoms in total. The normalized spacial score (nSPS) is 13.9. The van der Waals surface area contributed by atoms with Crippen molar-refractivity contribution >= 4 is 38.9 Å². The molecule has 0 atom stereocenters. The summed E-state index contributed by atoms with van der Waals surface area (Å²) in [4.78, 5) is 28.4. The summed E-state index contributed by atoms with van der Waals surface area (Å²) >= 11 is 1.42. The lowest BCUT2D eigenvalue weighted by molar-refractivity contribution is 0.1000. The fourth-order valence-electron chi connectivity index (χ4n) is 3.62. The predicted octanol–water partition coefficient (Wildman–Crippen LogP) is 3.25. The second-order valence-corrected chi connectivity index (χ2v) is 8.02. The van der Waals surface area contributed by atoms with Gasteiger partial charge in [-0.25, -0.2) is 0 Å². The van der Waals surface area contributed by atoms with Crippen molar-refractivity contribution in [2.24, 2.45) is 5.73 Å². The molecule has 0 aliphatic carbocycles. The van der Waals surface area contributed by atoms with Gasteiger partial charge >= 0.3 is 0 Å². The van der Waals surface area contributed by atoms with E-state index in [1.807, 2.05) is 37.4 Å². The lowest BCUT2D eigenvalue weighted by Gasteiger charge is -2.22. The summed E-state index contributed by atoms with van der Waals surface area (Å²) in [6.07, 6.45) is 0.746. The molecule has 28 heavy (non-hydrogen) atoms. The van der Waals surface area contributed by atoms with E-state index in [1.165, 1.54) is 18.4 Å². The van der Waals surface area contributed by atoms with Crippen LogP contribution in [0.3, 0.4) is 0 Å². The summed E-state index contributed by atoms with van der Waals surface area (Å²) < 4.78 is 5.43. The van der Waals surface area contributed by atoms with E-state index in [0.29, 0.717) is 21.9 Å². The fraction of sp³-hybridized carbons (Fsp3) is 0.238. The molecule has 0 bridgehead atoms. The van der Waals surface area contributed by atoms with Crippen molar-refractivity contribution < 1.29 is 14.3 Å². The van der Waals surface area contributed by atoms with Crippen LogP contribution in [0, 0.1) is 0 Å². The molecular weight excluding hydrogens is 374 g/mol. The first-order valence-electron chi connectivity index (χ1n) is 8.99. The molecule has 144 valence electrons. The number of anilines is 1. The van der Waals surface area contributed by atoms with Gasteiger partial charge < -0.3 is 20.7 Å². The second-order valence-electron chi connectivity index (χ2n) is 6.91. The van der Waals surface area contributed by atoms with E-state index >= 15 is 0 Å². The molecule has 0 unspecified atom stereocenters. The number of carbonyl (C=O) groups excluding carboxylic acids is 2. The van der Waals surface area contributed by atoms with Gasteiger partial charge in [-0.2, -0.15) is 0 Å². The van der Waals surface area contributed by atoms with Gasteiger partial charge in [0, 0.05) is 18.0 Å². The maximum Gasteiger partial charge on any atom is 0.260 e. The highest BCUT2D eigenvalue weighted by atomic mass is 32.1. The SMILES string of the molecule is COc1cc2ccccc2cc1C(=O)Nc1sc2c(c1C(N)=O)CCN(C)C2. The van der Waals surface area contributed by atoms with Crippen LogP contribution in [-0.4, -0.2) is 37.4 Å². The number of hydrogen-bond donors (Lipinski definition) is 2. The number of amides is 2. The topological polar surface area (TPSA) is 84.7 Å². The molecule has 2 heterocycles. The van der Waals surface area contributed by atoms with Gasteiger partial charge in [0.1, 0.15) is 10.8 Å². The Labute approximate surface area is 166 Å². The predicted molar refractivity (Wildman–Crippen MR) is 111 cm³/mol. The molecule has 0 radical (unpaired) electrons. The number of fused-ring (bicyclic) bond motifs is 2. The van der Waals surface area contributed by atoms with Crippen LogP contribution in [0.25, 0.3) is 10.8 Å². The van der Waals surface area contributed by atoms with Crippen LogP contribution in [0.2, 0.25) is 0 Å².